The maximum atomic E-state index is 13.4. The fourth-order valence-corrected chi connectivity index (χ4v) is 9.02. The van der Waals surface area contributed by atoms with Crippen molar-refractivity contribution in [2.45, 2.75) is 25.7 Å². The number of hydrogen-bond donors (Lipinski definition) is 2. The smallest absolute Gasteiger partial charge is 0.334 e. The first-order valence-electron chi connectivity index (χ1n) is 20.8. The maximum absolute atomic E-state index is 13.4. The number of anilines is 2. The minimum atomic E-state index is -1.76. The zero-order chi connectivity index (χ0) is 43.5. The van der Waals surface area contributed by atoms with Crippen LogP contribution in [-0.2, 0) is 24.5 Å². The summed E-state index contributed by atoms with van der Waals surface area (Å²) < 4.78 is 23.3. The Labute approximate surface area is 357 Å². The average Bonchev–Trinajstić information content (AvgIpc) is 3.27. The Kier molecular flexibility index (Phi) is 15.2. The lowest BCUT2D eigenvalue weighted by atomic mass is 9.63. The van der Waals surface area contributed by atoms with Gasteiger partial charge >= 0.3 is 11.9 Å². The van der Waals surface area contributed by atoms with Crippen LogP contribution in [0.25, 0.3) is 0 Å². The standard InChI is InChI=1S/C45H58N6O10/c1-33-41(43(52)53)45(35-10-9-11-36(32-35)51(56)57,16-28-60-29-25-46-17-21-48(22-18-46)37-12-5-7-14-39(37)58-3)42(44(54)55)34(2)50(33)27-31-61-30-26-47-19-23-49(24-20-47)38-13-6-8-15-40(38)59-4/h5-15,32H,16-31H2,1-4H3,(H,52,53)(H,54,55). The molecule has 0 aromatic heterocycles. The topological polar surface area (TPSA) is 171 Å². The molecule has 3 aromatic carbocycles. The van der Waals surface area contributed by atoms with Gasteiger partial charge in [-0.3, -0.25) is 19.9 Å². The molecule has 16 heteroatoms. The quantitative estimate of drug-likeness (QED) is 0.0889. The summed E-state index contributed by atoms with van der Waals surface area (Å²) in [7, 11) is 3.34. The molecule has 0 amide bonds. The lowest BCUT2D eigenvalue weighted by Gasteiger charge is -2.45. The number of nitrogens with zero attached hydrogens (tertiary/aromatic N) is 6. The Balaban J connectivity index is 1.11. The average molecular weight is 843 g/mol. The molecule has 0 radical (unpaired) electrons. The molecule has 0 spiro atoms. The lowest BCUT2D eigenvalue weighted by Crippen LogP contribution is -2.48. The van der Waals surface area contributed by atoms with E-state index < -0.39 is 22.3 Å². The van der Waals surface area contributed by atoms with Crippen molar-refractivity contribution >= 4 is 29.0 Å². The van der Waals surface area contributed by atoms with Crippen molar-refractivity contribution in [1.82, 2.24) is 14.7 Å². The number of aliphatic carboxylic acids is 2. The minimum absolute atomic E-state index is 0.00819. The summed E-state index contributed by atoms with van der Waals surface area (Å²) in [5.74, 6) is -0.961. The molecule has 3 aliphatic heterocycles. The Hall–Kier alpha value is -5.68. The highest BCUT2D eigenvalue weighted by Crippen LogP contribution is 2.50. The second-order valence-electron chi connectivity index (χ2n) is 15.4. The van der Waals surface area contributed by atoms with E-state index in [2.05, 4.69) is 25.7 Å². The van der Waals surface area contributed by atoms with Crippen molar-refractivity contribution in [2.75, 3.05) is 122 Å². The number of rotatable bonds is 20. The summed E-state index contributed by atoms with van der Waals surface area (Å²) in [5, 5.41) is 33.8. The van der Waals surface area contributed by atoms with Gasteiger partial charge in [-0.05, 0) is 50.1 Å². The zero-order valence-corrected chi connectivity index (χ0v) is 35.6. The number of non-ortho nitro benzene ring substituents is 1. The molecule has 61 heavy (non-hydrogen) atoms. The number of hydrogen-bond acceptors (Lipinski definition) is 13. The van der Waals surface area contributed by atoms with Crippen LogP contribution in [0, 0.1) is 10.1 Å². The Morgan fingerprint density at radius 1 is 0.656 bits per heavy atom. The first-order chi connectivity index (χ1) is 29.5. The number of piperazine rings is 2. The first-order valence-corrected chi connectivity index (χ1v) is 20.8. The normalized spacial score (nSPS) is 17.5. The van der Waals surface area contributed by atoms with Crippen LogP contribution >= 0.6 is 0 Å². The van der Waals surface area contributed by atoms with Crippen molar-refractivity contribution in [3.05, 3.63) is 111 Å². The molecule has 3 aliphatic rings. The Morgan fingerprint density at radius 2 is 1.11 bits per heavy atom. The number of nitro benzene ring substituents is 1. The second kappa shape index (κ2) is 20.7. The van der Waals surface area contributed by atoms with Crippen molar-refractivity contribution in [3.63, 3.8) is 0 Å². The third-order valence-corrected chi connectivity index (χ3v) is 12.1. The van der Waals surface area contributed by atoms with Gasteiger partial charge in [0.05, 0.1) is 66.9 Å². The predicted molar refractivity (Wildman–Crippen MR) is 232 cm³/mol. The number of nitro groups is 1. The largest absolute Gasteiger partial charge is 0.495 e. The fourth-order valence-electron chi connectivity index (χ4n) is 9.02. The molecule has 6 rings (SSSR count). The number of methoxy groups -OCH3 is 2. The number of allylic oxidation sites excluding steroid dienone is 2. The molecular weight excluding hydrogens is 785 g/mol. The Bertz CT molecular complexity index is 2040. The third-order valence-electron chi connectivity index (χ3n) is 12.1. The van der Waals surface area contributed by atoms with Crippen LogP contribution in [0.1, 0.15) is 25.8 Å². The summed E-state index contributed by atoms with van der Waals surface area (Å²) in [6.45, 7) is 12.5. The van der Waals surface area contributed by atoms with E-state index >= 15 is 0 Å². The molecule has 0 atom stereocenters. The van der Waals surface area contributed by atoms with Crippen LogP contribution in [0.4, 0.5) is 17.1 Å². The van der Waals surface area contributed by atoms with Gasteiger partial charge in [0.15, 0.2) is 0 Å². The summed E-state index contributed by atoms with van der Waals surface area (Å²) in [5.41, 5.74) is 0.633. The van der Waals surface area contributed by atoms with Crippen LogP contribution in [-0.4, -0.2) is 154 Å². The van der Waals surface area contributed by atoms with Crippen molar-refractivity contribution < 1.29 is 43.7 Å². The zero-order valence-electron chi connectivity index (χ0n) is 35.6. The van der Waals surface area contributed by atoms with E-state index in [0.29, 0.717) is 37.7 Å². The van der Waals surface area contributed by atoms with Crippen LogP contribution in [0.15, 0.2) is 95.3 Å². The molecule has 3 aromatic rings. The van der Waals surface area contributed by atoms with Gasteiger partial charge in [-0.2, -0.15) is 0 Å². The van der Waals surface area contributed by atoms with Gasteiger partial charge in [0.1, 0.15) is 11.5 Å². The fraction of sp³-hybridized carbons (Fsp3) is 0.467. The number of para-hydroxylation sites is 4. The third kappa shape index (κ3) is 10.1. The van der Waals surface area contributed by atoms with E-state index in [1.165, 1.54) is 18.2 Å². The van der Waals surface area contributed by atoms with Gasteiger partial charge in [0.2, 0.25) is 0 Å². The molecule has 0 aliphatic carbocycles. The number of carboxylic acid groups (broad SMARTS) is 2. The highest BCUT2D eigenvalue weighted by molar-refractivity contribution is 6.00. The van der Waals surface area contributed by atoms with E-state index in [4.69, 9.17) is 18.9 Å². The van der Waals surface area contributed by atoms with E-state index in [1.807, 2.05) is 42.5 Å². The SMILES string of the molecule is COc1ccccc1N1CCN(CCOCCN2C(C)=C(C(=O)O)C(CCOCCN3CCN(c4ccccc4OC)CC3)(c3cccc([N+](=O)[O-])c3)C(C(=O)O)=C2C)CC1. The van der Waals surface area contributed by atoms with Crippen LogP contribution < -0.4 is 19.3 Å². The summed E-state index contributed by atoms with van der Waals surface area (Å²) in [6.07, 6.45) is -0.0671. The second-order valence-corrected chi connectivity index (χ2v) is 15.4. The summed E-state index contributed by atoms with van der Waals surface area (Å²) in [6, 6.07) is 21.5. The molecule has 2 N–H and O–H groups in total. The molecule has 2 fully saturated rings. The highest BCUT2D eigenvalue weighted by atomic mass is 16.6. The monoisotopic (exact) mass is 842 g/mol. The molecule has 2 saturated heterocycles. The van der Waals surface area contributed by atoms with E-state index in [1.54, 1.807) is 39.0 Å². The van der Waals surface area contributed by atoms with Gasteiger partial charge in [0, 0.05) is 102 Å². The molecule has 0 bridgehead atoms. The van der Waals surface area contributed by atoms with Crippen LogP contribution in [0.5, 0.6) is 11.5 Å². The van der Waals surface area contributed by atoms with Crippen LogP contribution in [0.2, 0.25) is 0 Å². The Morgan fingerprint density at radius 3 is 1.57 bits per heavy atom. The molecule has 3 heterocycles. The van der Waals surface area contributed by atoms with E-state index in [9.17, 15) is 29.9 Å². The first kappa shape index (κ1) is 44.9. The number of carboxylic acids is 2. The van der Waals surface area contributed by atoms with E-state index in [-0.39, 0.29) is 48.6 Å². The highest BCUT2D eigenvalue weighted by Gasteiger charge is 2.52. The molecule has 0 unspecified atom stereocenters. The van der Waals surface area contributed by atoms with Gasteiger partial charge < -0.3 is 43.9 Å². The number of benzene rings is 3. The minimum Gasteiger partial charge on any atom is -0.495 e. The number of ether oxygens (including phenoxy) is 4. The molecule has 0 saturated carbocycles. The maximum Gasteiger partial charge on any atom is 0.334 e. The summed E-state index contributed by atoms with van der Waals surface area (Å²) >= 11 is 0. The van der Waals surface area contributed by atoms with E-state index in [0.717, 1.165) is 75.2 Å². The molecular formula is C45H58N6O10. The van der Waals surface area contributed by atoms with Gasteiger partial charge in [-0.15, -0.1) is 0 Å². The van der Waals surface area contributed by atoms with Crippen LogP contribution in [0.3, 0.4) is 0 Å². The van der Waals surface area contributed by atoms with Crippen molar-refractivity contribution in [3.8, 4) is 11.5 Å². The van der Waals surface area contributed by atoms with Gasteiger partial charge in [0.25, 0.3) is 5.69 Å². The van der Waals surface area contributed by atoms with Gasteiger partial charge in [-0.1, -0.05) is 36.4 Å². The van der Waals surface area contributed by atoms with Crippen molar-refractivity contribution in [1.29, 1.82) is 0 Å². The van der Waals surface area contributed by atoms with Gasteiger partial charge in [-0.25, -0.2) is 9.59 Å². The van der Waals surface area contributed by atoms with Crippen molar-refractivity contribution in [2.24, 2.45) is 0 Å². The summed E-state index contributed by atoms with van der Waals surface area (Å²) in [4.78, 5) is 49.1. The molecule has 16 nitrogen and oxygen atoms in total. The number of carbonyl (C=O) groups is 2. The lowest BCUT2D eigenvalue weighted by molar-refractivity contribution is -0.385. The molecule has 328 valence electrons. The predicted octanol–water partition coefficient (Wildman–Crippen LogP) is 4.95.